The Bertz CT molecular complexity index is 1130. The zero-order chi connectivity index (χ0) is 21.9. The van der Waals surface area contributed by atoms with Crippen LogP contribution in [-0.2, 0) is 5.41 Å². The number of carbonyl (C=O) groups is 1. The van der Waals surface area contributed by atoms with Crippen LogP contribution in [0.25, 0.3) is 5.69 Å². The van der Waals surface area contributed by atoms with Crippen LogP contribution in [-0.4, -0.2) is 27.5 Å². The second-order valence-electron chi connectivity index (χ2n) is 7.75. The minimum atomic E-state index is -0.432. The molecule has 0 unspecified atom stereocenters. The highest BCUT2D eigenvalue weighted by molar-refractivity contribution is 6.32. The third-order valence-corrected chi connectivity index (χ3v) is 4.90. The molecule has 7 nitrogen and oxygen atoms in total. The first kappa shape index (κ1) is 21.3. The number of anilines is 1. The normalized spacial score (nSPS) is 11.1. The summed E-state index contributed by atoms with van der Waals surface area (Å²) in [6, 6.07) is 14.6. The van der Waals surface area contributed by atoms with Crippen LogP contribution in [0.1, 0.15) is 42.5 Å². The summed E-state index contributed by atoms with van der Waals surface area (Å²) in [6.07, 6.45) is 0. The van der Waals surface area contributed by atoms with E-state index in [1.165, 1.54) is 4.68 Å². The van der Waals surface area contributed by atoms with Crippen LogP contribution >= 0.6 is 11.6 Å². The van der Waals surface area contributed by atoms with Crippen LogP contribution < -0.4 is 10.1 Å². The summed E-state index contributed by atoms with van der Waals surface area (Å²) in [4.78, 5) is 13.0. The number of nitrogens with zero attached hydrogens (tertiary/aromatic N) is 4. The molecule has 1 heterocycles. The smallest absolute Gasteiger partial charge is 0.278 e. The van der Waals surface area contributed by atoms with Crippen molar-refractivity contribution in [3.8, 4) is 17.5 Å². The number of benzene rings is 2. The maximum atomic E-state index is 13.0. The number of amides is 1. The fraction of sp³-hybridized carbons (Fsp3) is 0.273. The average molecular weight is 424 g/mol. The number of hydrogen-bond acceptors (Lipinski definition) is 5. The van der Waals surface area contributed by atoms with Gasteiger partial charge in [0.2, 0.25) is 0 Å². The molecule has 30 heavy (non-hydrogen) atoms. The van der Waals surface area contributed by atoms with Gasteiger partial charge in [0.15, 0.2) is 12.3 Å². The third-order valence-electron chi connectivity index (χ3n) is 4.58. The number of hydrogen-bond donors (Lipinski definition) is 1. The molecule has 0 aliphatic heterocycles. The quantitative estimate of drug-likeness (QED) is 0.643. The van der Waals surface area contributed by atoms with Crippen LogP contribution in [0.15, 0.2) is 42.5 Å². The van der Waals surface area contributed by atoms with Crippen LogP contribution in [0, 0.1) is 18.3 Å². The number of nitriles is 1. The number of para-hydroxylation sites is 1. The molecule has 1 N–H and O–H groups in total. The number of nitrogens with one attached hydrogen (secondary N) is 1. The van der Waals surface area contributed by atoms with E-state index in [9.17, 15) is 4.79 Å². The van der Waals surface area contributed by atoms with Gasteiger partial charge in [-0.15, -0.1) is 5.10 Å². The lowest BCUT2D eigenvalue weighted by molar-refractivity contribution is 0.102. The molecule has 0 fully saturated rings. The molecule has 0 saturated heterocycles. The fourth-order valence-corrected chi connectivity index (χ4v) is 3.12. The Kier molecular flexibility index (Phi) is 6.09. The first-order valence-electron chi connectivity index (χ1n) is 9.35. The van der Waals surface area contributed by atoms with Crippen molar-refractivity contribution in [2.75, 3.05) is 11.9 Å². The molecular formula is C22H22ClN5O2. The number of rotatable bonds is 5. The summed E-state index contributed by atoms with van der Waals surface area (Å²) < 4.78 is 7.00. The Morgan fingerprint density at radius 1 is 1.27 bits per heavy atom. The molecule has 1 amide bonds. The second kappa shape index (κ2) is 8.56. The van der Waals surface area contributed by atoms with E-state index in [0.29, 0.717) is 27.8 Å². The van der Waals surface area contributed by atoms with Gasteiger partial charge >= 0.3 is 0 Å². The largest absolute Gasteiger partial charge is 0.477 e. The molecule has 0 aliphatic carbocycles. The van der Waals surface area contributed by atoms with Crippen LogP contribution in [0.5, 0.6) is 5.75 Å². The summed E-state index contributed by atoms with van der Waals surface area (Å²) in [5.41, 5.74) is 2.70. The highest BCUT2D eigenvalue weighted by Gasteiger charge is 2.21. The van der Waals surface area contributed by atoms with Crippen molar-refractivity contribution < 1.29 is 9.53 Å². The predicted octanol–water partition coefficient (Wildman–Crippen LogP) is 4.68. The van der Waals surface area contributed by atoms with E-state index in [1.807, 2.05) is 30.3 Å². The van der Waals surface area contributed by atoms with Crippen molar-refractivity contribution in [3.05, 3.63) is 64.4 Å². The van der Waals surface area contributed by atoms with Crippen molar-refractivity contribution in [2.24, 2.45) is 0 Å². The van der Waals surface area contributed by atoms with E-state index < -0.39 is 5.91 Å². The van der Waals surface area contributed by atoms with E-state index in [-0.39, 0.29) is 17.7 Å². The molecule has 3 aromatic rings. The minimum Gasteiger partial charge on any atom is -0.477 e. The first-order chi connectivity index (χ1) is 14.2. The Labute approximate surface area is 180 Å². The molecule has 3 rings (SSSR count). The SMILES string of the molecule is Cc1c(C(=O)Nc2cc(C(C)(C)C)ccc2OCC#N)nnn1-c1ccccc1Cl. The lowest BCUT2D eigenvalue weighted by atomic mass is 9.87. The Morgan fingerprint density at radius 2 is 2.00 bits per heavy atom. The average Bonchev–Trinajstić information content (AvgIpc) is 3.08. The third kappa shape index (κ3) is 4.44. The maximum absolute atomic E-state index is 13.0. The molecule has 8 heteroatoms. The molecular weight excluding hydrogens is 402 g/mol. The van der Waals surface area contributed by atoms with E-state index >= 15 is 0 Å². The van der Waals surface area contributed by atoms with Crippen molar-refractivity contribution in [1.82, 2.24) is 15.0 Å². The Morgan fingerprint density at radius 3 is 2.67 bits per heavy atom. The van der Waals surface area contributed by atoms with Gasteiger partial charge in [0.05, 0.1) is 22.1 Å². The van der Waals surface area contributed by atoms with Crippen LogP contribution in [0.3, 0.4) is 0 Å². The summed E-state index contributed by atoms with van der Waals surface area (Å²) in [7, 11) is 0. The lowest BCUT2D eigenvalue weighted by Crippen LogP contribution is -2.17. The number of halogens is 1. The van der Waals surface area contributed by atoms with Crippen molar-refractivity contribution in [1.29, 1.82) is 5.26 Å². The zero-order valence-electron chi connectivity index (χ0n) is 17.2. The van der Waals surface area contributed by atoms with Gasteiger partial charge in [-0.2, -0.15) is 5.26 Å². The van der Waals surface area contributed by atoms with Gasteiger partial charge in [0, 0.05) is 0 Å². The lowest BCUT2D eigenvalue weighted by Gasteiger charge is -2.21. The van der Waals surface area contributed by atoms with E-state index in [2.05, 4.69) is 36.4 Å². The molecule has 0 bridgehead atoms. The zero-order valence-corrected chi connectivity index (χ0v) is 18.0. The summed E-state index contributed by atoms with van der Waals surface area (Å²) in [6.45, 7) is 7.84. The van der Waals surface area contributed by atoms with Gasteiger partial charge in [-0.3, -0.25) is 4.79 Å². The van der Waals surface area contributed by atoms with Crippen molar-refractivity contribution in [3.63, 3.8) is 0 Å². The Hall–Kier alpha value is -3.37. The summed E-state index contributed by atoms with van der Waals surface area (Å²) >= 11 is 6.25. The molecule has 1 aromatic heterocycles. The van der Waals surface area contributed by atoms with Crippen LogP contribution in [0.4, 0.5) is 5.69 Å². The highest BCUT2D eigenvalue weighted by atomic mass is 35.5. The predicted molar refractivity (Wildman–Crippen MR) is 115 cm³/mol. The minimum absolute atomic E-state index is 0.126. The number of aromatic nitrogens is 3. The van der Waals surface area contributed by atoms with Crippen LogP contribution in [0.2, 0.25) is 5.02 Å². The molecule has 2 aromatic carbocycles. The highest BCUT2D eigenvalue weighted by Crippen LogP contribution is 2.32. The van der Waals surface area contributed by atoms with Gasteiger partial charge in [0.1, 0.15) is 11.8 Å². The molecule has 0 spiro atoms. The van der Waals surface area contributed by atoms with E-state index in [0.717, 1.165) is 5.56 Å². The summed E-state index contributed by atoms with van der Waals surface area (Å²) in [5.74, 6) is -0.0206. The molecule has 154 valence electrons. The van der Waals surface area contributed by atoms with Gasteiger partial charge in [-0.25, -0.2) is 4.68 Å². The fourth-order valence-electron chi connectivity index (χ4n) is 2.90. The first-order valence-corrected chi connectivity index (χ1v) is 9.73. The molecule has 0 aliphatic rings. The number of carbonyl (C=O) groups excluding carboxylic acids is 1. The standard InChI is InChI=1S/C22H22ClN5O2/c1-14-20(26-27-28(14)18-8-6-5-7-16(18)23)21(29)25-17-13-15(22(2,3)4)9-10-19(17)30-12-11-24/h5-10,13H,12H2,1-4H3,(H,25,29). The summed E-state index contributed by atoms with van der Waals surface area (Å²) in [5, 5.41) is 20.3. The molecule has 0 atom stereocenters. The van der Waals surface area contributed by atoms with Crippen molar-refractivity contribution in [2.45, 2.75) is 33.1 Å². The topological polar surface area (TPSA) is 92.8 Å². The molecule has 0 radical (unpaired) electrons. The van der Waals surface area contributed by atoms with E-state index in [4.69, 9.17) is 21.6 Å². The van der Waals surface area contributed by atoms with Gasteiger partial charge in [-0.05, 0) is 42.2 Å². The van der Waals surface area contributed by atoms with Gasteiger partial charge < -0.3 is 10.1 Å². The van der Waals surface area contributed by atoms with E-state index in [1.54, 1.807) is 25.1 Å². The Balaban J connectivity index is 1.94. The second-order valence-corrected chi connectivity index (χ2v) is 8.16. The number of ether oxygens (including phenoxy) is 1. The van der Waals surface area contributed by atoms with Gasteiger partial charge in [0.25, 0.3) is 5.91 Å². The molecule has 0 saturated carbocycles. The monoisotopic (exact) mass is 423 g/mol. The van der Waals surface area contributed by atoms with Crippen molar-refractivity contribution >= 4 is 23.2 Å². The maximum Gasteiger partial charge on any atom is 0.278 e. The van der Waals surface area contributed by atoms with Gasteiger partial charge in [-0.1, -0.05) is 55.8 Å².